The fourth-order valence-electron chi connectivity index (χ4n) is 4.69. The lowest BCUT2D eigenvalue weighted by molar-refractivity contribution is -0.420. The molecule has 2 aromatic carbocycles. The molecule has 2 aromatic rings. The van der Waals surface area contributed by atoms with Crippen LogP contribution >= 0.6 is 0 Å². The molecule has 0 bridgehead atoms. The van der Waals surface area contributed by atoms with Crippen LogP contribution in [0.4, 0.5) is 13.2 Å². The Hall–Kier alpha value is -1.89. The smallest absolute Gasteiger partial charge is 0.290 e. The minimum absolute atomic E-state index is 0.161. The van der Waals surface area contributed by atoms with Crippen LogP contribution in [-0.2, 0) is 14.2 Å². The Labute approximate surface area is 221 Å². The molecule has 0 aliphatic carbocycles. The van der Waals surface area contributed by atoms with Crippen molar-refractivity contribution in [2.75, 3.05) is 0 Å². The zero-order valence-electron chi connectivity index (χ0n) is 23.6. The van der Waals surface area contributed by atoms with Gasteiger partial charge in [0.05, 0.1) is 29.8 Å². The summed E-state index contributed by atoms with van der Waals surface area (Å²) in [4.78, 5) is 0. The van der Waals surface area contributed by atoms with Gasteiger partial charge in [-0.15, -0.1) is 0 Å². The maximum atomic E-state index is 14.4. The van der Waals surface area contributed by atoms with Crippen molar-refractivity contribution >= 4 is 0 Å². The Bertz CT molecular complexity index is 892. The van der Waals surface area contributed by atoms with Crippen LogP contribution in [0.5, 0.6) is 0 Å². The van der Waals surface area contributed by atoms with E-state index in [2.05, 4.69) is 6.92 Å². The van der Waals surface area contributed by atoms with Gasteiger partial charge in [0.1, 0.15) is 17.5 Å². The van der Waals surface area contributed by atoms with E-state index in [0.717, 1.165) is 31.2 Å². The van der Waals surface area contributed by atoms with E-state index < -0.39 is 23.4 Å². The van der Waals surface area contributed by atoms with Crippen molar-refractivity contribution in [3.63, 3.8) is 0 Å². The van der Waals surface area contributed by atoms with E-state index in [0.29, 0.717) is 17.7 Å². The monoisotopic (exact) mass is 522 g/mol. The SMILES string of the molecule is CCCCCCCCC(c1ccc(-c2c(F)cc(F)cc2F)cc1)C(OC(C)C)(OC(C)C)OC(C)C. The van der Waals surface area contributed by atoms with Gasteiger partial charge in [0, 0.05) is 12.1 Å². The zero-order chi connectivity index (χ0) is 27.6. The van der Waals surface area contributed by atoms with E-state index in [-0.39, 0.29) is 29.8 Å². The van der Waals surface area contributed by atoms with E-state index in [1.165, 1.54) is 19.3 Å². The molecule has 1 unspecified atom stereocenters. The topological polar surface area (TPSA) is 27.7 Å². The second-order valence-corrected chi connectivity index (χ2v) is 10.6. The number of hydrogen-bond donors (Lipinski definition) is 0. The summed E-state index contributed by atoms with van der Waals surface area (Å²) in [5, 5.41) is 0. The highest BCUT2D eigenvalue weighted by Crippen LogP contribution is 2.41. The molecular weight excluding hydrogens is 477 g/mol. The number of ether oxygens (including phenoxy) is 3. The van der Waals surface area contributed by atoms with Crippen molar-refractivity contribution < 1.29 is 27.4 Å². The van der Waals surface area contributed by atoms with E-state index >= 15 is 0 Å². The summed E-state index contributed by atoms with van der Waals surface area (Å²) in [6, 6.07) is 8.39. The average Bonchev–Trinajstić information content (AvgIpc) is 2.77. The van der Waals surface area contributed by atoms with Crippen LogP contribution in [0.2, 0.25) is 0 Å². The molecule has 0 heterocycles. The maximum absolute atomic E-state index is 14.4. The van der Waals surface area contributed by atoms with Gasteiger partial charge in [0.15, 0.2) is 0 Å². The second-order valence-electron chi connectivity index (χ2n) is 10.6. The molecule has 1 atom stereocenters. The quantitative estimate of drug-likeness (QED) is 0.162. The fraction of sp³-hybridized carbons (Fsp3) is 0.613. The molecule has 2 rings (SSSR count). The van der Waals surface area contributed by atoms with E-state index in [9.17, 15) is 13.2 Å². The molecule has 0 fully saturated rings. The first-order valence-electron chi connectivity index (χ1n) is 13.8. The Morgan fingerprint density at radius 3 is 1.59 bits per heavy atom. The number of unbranched alkanes of at least 4 members (excludes halogenated alkanes) is 5. The molecule has 0 saturated heterocycles. The van der Waals surface area contributed by atoms with Crippen molar-refractivity contribution in [3.8, 4) is 11.1 Å². The van der Waals surface area contributed by atoms with Crippen LogP contribution in [0.3, 0.4) is 0 Å². The van der Waals surface area contributed by atoms with Crippen LogP contribution in [0.1, 0.15) is 105 Å². The minimum atomic E-state index is -1.33. The summed E-state index contributed by atoms with van der Waals surface area (Å²) in [5.74, 6) is -4.41. The van der Waals surface area contributed by atoms with Gasteiger partial charge >= 0.3 is 0 Å². The Morgan fingerprint density at radius 2 is 1.14 bits per heavy atom. The zero-order valence-corrected chi connectivity index (χ0v) is 23.6. The van der Waals surface area contributed by atoms with Gasteiger partial charge in [-0.05, 0) is 59.1 Å². The molecule has 0 aliphatic rings. The summed E-state index contributed by atoms with van der Waals surface area (Å²) in [7, 11) is 0. The average molecular weight is 523 g/mol. The van der Waals surface area contributed by atoms with Crippen molar-refractivity contribution in [2.45, 2.75) is 124 Å². The molecular formula is C31H45F3O3. The lowest BCUT2D eigenvalue weighted by Crippen LogP contribution is -2.49. The molecule has 208 valence electrons. The summed E-state index contributed by atoms with van der Waals surface area (Å²) in [6.45, 7) is 13.9. The van der Waals surface area contributed by atoms with Crippen molar-refractivity contribution in [1.82, 2.24) is 0 Å². The first kappa shape index (κ1) is 31.3. The number of hydrogen-bond acceptors (Lipinski definition) is 3. The highest BCUT2D eigenvalue weighted by molar-refractivity contribution is 5.65. The Morgan fingerprint density at radius 1 is 0.676 bits per heavy atom. The van der Waals surface area contributed by atoms with Gasteiger partial charge < -0.3 is 14.2 Å². The van der Waals surface area contributed by atoms with Crippen LogP contribution in [-0.4, -0.2) is 24.3 Å². The predicted octanol–water partition coefficient (Wildman–Crippen LogP) is 9.53. The van der Waals surface area contributed by atoms with Gasteiger partial charge in [-0.1, -0.05) is 69.7 Å². The van der Waals surface area contributed by atoms with Gasteiger partial charge in [0.2, 0.25) is 0 Å². The summed E-state index contributed by atoms with van der Waals surface area (Å²) in [6.07, 6.45) is 7.13. The number of benzene rings is 2. The van der Waals surface area contributed by atoms with Crippen molar-refractivity contribution in [3.05, 3.63) is 59.4 Å². The van der Waals surface area contributed by atoms with Crippen molar-refractivity contribution in [1.29, 1.82) is 0 Å². The second kappa shape index (κ2) is 14.9. The molecule has 37 heavy (non-hydrogen) atoms. The van der Waals surface area contributed by atoms with E-state index in [1.54, 1.807) is 12.1 Å². The summed E-state index contributed by atoms with van der Waals surface area (Å²) in [5.41, 5.74) is 0.978. The largest absolute Gasteiger partial charge is 0.324 e. The third-order valence-electron chi connectivity index (χ3n) is 6.08. The normalized spacial score (nSPS) is 13.2. The lowest BCUT2D eigenvalue weighted by atomic mass is 9.88. The van der Waals surface area contributed by atoms with Crippen LogP contribution < -0.4 is 0 Å². The molecule has 0 amide bonds. The van der Waals surface area contributed by atoms with Gasteiger partial charge in [0.25, 0.3) is 5.97 Å². The third kappa shape index (κ3) is 9.42. The number of halogens is 3. The molecule has 3 nitrogen and oxygen atoms in total. The summed E-state index contributed by atoms with van der Waals surface area (Å²) >= 11 is 0. The minimum Gasteiger partial charge on any atom is -0.324 e. The van der Waals surface area contributed by atoms with Gasteiger partial charge in [-0.3, -0.25) is 0 Å². The van der Waals surface area contributed by atoms with Crippen molar-refractivity contribution in [2.24, 2.45) is 0 Å². The molecule has 6 heteroatoms. The van der Waals surface area contributed by atoms with Crippen LogP contribution in [0, 0.1) is 17.5 Å². The lowest BCUT2D eigenvalue weighted by Gasteiger charge is -2.43. The van der Waals surface area contributed by atoms with Gasteiger partial charge in [-0.2, -0.15) is 0 Å². The first-order chi connectivity index (χ1) is 17.5. The Kier molecular flexibility index (Phi) is 12.6. The first-order valence-corrected chi connectivity index (χ1v) is 13.8. The molecule has 0 aromatic heterocycles. The highest BCUT2D eigenvalue weighted by Gasteiger charge is 2.46. The highest BCUT2D eigenvalue weighted by atomic mass is 19.1. The predicted molar refractivity (Wildman–Crippen MR) is 144 cm³/mol. The molecule has 0 radical (unpaired) electrons. The van der Waals surface area contributed by atoms with Gasteiger partial charge in [-0.25, -0.2) is 13.2 Å². The standard InChI is InChI=1S/C31H45F3O3/c1-8-9-10-11-12-13-14-27(31(35-21(2)3,36-22(4)5)37-23(6)7)24-15-17-25(18-16-24)30-28(33)19-26(32)20-29(30)34/h15-23,27H,8-14H2,1-7H3. The van der Waals surface area contributed by atoms with E-state index in [4.69, 9.17) is 14.2 Å². The molecule has 0 aliphatic heterocycles. The Balaban J connectivity index is 2.49. The van der Waals surface area contributed by atoms with E-state index in [1.807, 2.05) is 53.7 Å². The molecule has 0 N–H and O–H groups in total. The molecule has 0 spiro atoms. The van der Waals surface area contributed by atoms with Crippen LogP contribution in [0.25, 0.3) is 11.1 Å². The molecule has 0 saturated carbocycles. The summed E-state index contributed by atoms with van der Waals surface area (Å²) < 4.78 is 61.6. The number of rotatable bonds is 16. The maximum Gasteiger partial charge on any atom is 0.290 e. The fourth-order valence-corrected chi connectivity index (χ4v) is 4.69. The van der Waals surface area contributed by atoms with Crippen LogP contribution in [0.15, 0.2) is 36.4 Å². The third-order valence-corrected chi connectivity index (χ3v) is 6.08.